The van der Waals surface area contributed by atoms with Gasteiger partial charge < -0.3 is 20.5 Å². The molecule has 0 bridgehead atoms. The molecule has 0 spiro atoms. The van der Waals surface area contributed by atoms with Crippen LogP contribution in [-0.2, 0) is 19.1 Å². The quantitative estimate of drug-likeness (QED) is 0.495. The van der Waals surface area contributed by atoms with Crippen molar-refractivity contribution in [3.8, 4) is 0 Å². The molecule has 0 aromatic heterocycles. The number of carboxylic acid groups (broad SMARTS) is 1. The standard InChI is InChI=1S/C19H32N2O5.C4H11N/c1-4-8-14(19(25)26-5-2)20-12(3)17(22)21-15-10-7-6-9-13(15)11-16(21)18(23)24;1-4(2,3)5/h12-16,20H,4-11H2,1-3H3,(H,23,24);5H2,1-3H3/t12-,13-,14?,15-,16+;/m0./s1. The molecule has 31 heavy (non-hydrogen) atoms. The van der Waals surface area contributed by atoms with E-state index in [1.807, 2.05) is 27.7 Å². The van der Waals surface area contributed by atoms with Gasteiger partial charge in [-0.1, -0.05) is 26.2 Å². The number of nitrogens with two attached hydrogens (primary N) is 1. The maximum atomic E-state index is 13.1. The van der Waals surface area contributed by atoms with E-state index in [9.17, 15) is 19.5 Å². The highest BCUT2D eigenvalue weighted by molar-refractivity contribution is 5.88. The van der Waals surface area contributed by atoms with Crippen LogP contribution in [0.2, 0.25) is 0 Å². The molecule has 1 aliphatic carbocycles. The van der Waals surface area contributed by atoms with E-state index >= 15 is 0 Å². The third-order valence-electron chi connectivity index (χ3n) is 5.60. The first-order valence-electron chi connectivity index (χ1n) is 11.7. The average Bonchev–Trinajstić information content (AvgIpc) is 3.05. The lowest BCUT2D eigenvalue weighted by molar-refractivity contribution is -0.152. The molecule has 1 aliphatic heterocycles. The molecule has 8 heteroatoms. The number of hydrogen-bond acceptors (Lipinski definition) is 6. The number of amides is 1. The highest BCUT2D eigenvalue weighted by Gasteiger charge is 2.48. The molecule has 0 radical (unpaired) electrons. The van der Waals surface area contributed by atoms with Crippen molar-refractivity contribution < 1.29 is 24.2 Å². The Balaban J connectivity index is 0.000000861. The van der Waals surface area contributed by atoms with Gasteiger partial charge in [-0.2, -0.15) is 0 Å². The molecular weight excluding hydrogens is 398 g/mol. The number of esters is 1. The first-order valence-corrected chi connectivity index (χ1v) is 11.7. The van der Waals surface area contributed by atoms with E-state index in [1.165, 1.54) is 0 Å². The van der Waals surface area contributed by atoms with Gasteiger partial charge >= 0.3 is 11.9 Å². The van der Waals surface area contributed by atoms with Crippen molar-refractivity contribution in [2.75, 3.05) is 6.61 Å². The number of nitrogens with zero attached hydrogens (tertiary/aromatic N) is 1. The van der Waals surface area contributed by atoms with Crippen LogP contribution in [0.15, 0.2) is 0 Å². The molecular formula is C23H43N3O5. The van der Waals surface area contributed by atoms with Crippen molar-refractivity contribution in [3.05, 3.63) is 0 Å². The lowest BCUT2D eigenvalue weighted by Crippen LogP contribution is -2.55. The van der Waals surface area contributed by atoms with E-state index in [0.29, 0.717) is 19.4 Å². The number of hydrogen-bond donors (Lipinski definition) is 3. The van der Waals surface area contributed by atoms with Gasteiger partial charge in [-0.15, -0.1) is 0 Å². The van der Waals surface area contributed by atoms with Crippen molar-refractivity contribution in [3.63, 3.8) is 0 Å². The zero-order chi connectivity index (χ0) is 23.8. The van der Waals surface area contributed by atoms with Gasteiger partial charge in [-0.25, -0.2) is 4.79 Å². The van der Waals surface area contributed by atoms with Crippen LogP contribution in [0.1, 0.15) is 86.5 Å². The molecule has 1 amide bonds. The SMILES string of the molecule is CC(C)(C)N.CCCC(N[C@@H](C)C(=O)N1[C@@H](C(=O)O)C[C@@H]2CCCC[C@@H]21)C(=O)OCC. The normalized spacial score (nSPS) is 25.0. The summed E-state index contributed by atoms with van der Waals surface area (Å²) < 4.78 is 5.09. The van der Waals surface area contributed by atoms with E-state index < -0.39 is 24.1 Å². The van der Waals surface area contributed by atoms with Gasteiger partial charge in [0.1, 0.15) is 12.1 Å². The number of carbonyl (C=O) groups excluding carboxylic acids is 2. The van der Waals surface area contributed by atoms with Crippen molar-refractivity contribution in [2.24, 2.45) is 11.7 Å². The Labute approximate surface area is 187 Å². The van der Waals surface area contributed by atoms with Crippen molar-refractivity contribution in [2.45, 2.75) is 116 Å². The number of carbonyl (C=O) groups is 3. The molecule has 2 aliphatic rings. The van der Waals surface area contributed by atoms with Gasteiger partial charge in [-0.05, 0) is 66.2 Å². The van der Waals surface area contributed by atoms with E-state index in [1.54, 1.807) is 18.7 Å². The van der Waals surface area contributed by atoms with Crippen LogP contribution in [0.3, 0.4) is 0 Å². The van der Waals surface area contributed by atoms with Gasteiger partial charge in [0.2, 0.25) is 5.91 Å². The summed E-state index contributed by atoms with van der Waals surface area (Å²) in [5.41, 5.74) is 5.35. The highest BCUT2D eigenvalue weighted by atomic mass is 16.5. The summed E-state index contributed by atoms with van der Waals surface area (Å²) in [7, 11) is 0. The minimum atomic E-state index is -0.935. The van der Waals surface area contributed by atoms with E-state index in [-0.39, 0.29) is 29.4 Å². The van der Waals surface area contributed by atoms with Gasteiger partial charge in [0, 0.05) is 11.6 Å². The third-order valence-corrected chi connectivity index (χ3v) is 5.60. The number of likely N-dealkylation sites (tertiary alicyclic amines) is 1. The smallest absolute Gasteiger partial charge is 0.326 e. The largest absolute Gasteiger partial charge is 0.480 e. The fraction of sp³-hybridized carbons (Fsp3) is 0.870. The Morgan fingerprint density at radius 2 is 1.77 bits per heavy atom. The zero-order valence-corrected chi connectivity index (χ0v) is 20.1. The summed E-state index contributed by atoms with van der Waals surface area (Å²) in [5, 5.41) is 12.7. The maximum absolute atomic E-state index is 13.1. The van der Waals surface area contributed by atoms with Crippen molar-refractivity contribution >= 4 is 17.8 Å². The molecule has 0 aromatic carbocycles. The zero-order valence-electron chi connectivity index (χ0n) is 20.1. The Kier molecular flexibility index (Phi) is 10.9. The third kappa shape index (κ3) is 8.77. The number of rotatable bonds is 8. The molecule has 1 unspecified atom stereocenters. The molecule has 2 rings (SSSR count). The van der Waals surface area contributed by atoms with Gasteiger partial charge in [0.05, 0.1) is 12.6 Å². The van der Waals surface area contributed by atoms with Gasteiger partial charge in [-0.3, -0.25) is 14.9 Å². The van der Waals surface area contributed by atoms with Crippen LogP contribution in [0.5, 0.6) is 0 Å². The lowest BCUT2D eigenvalue weighted by Gasteiger charge is -2.35. The molecule has 4 N–H and O–H groups in total. The average molecular weight is 442 g/mol. The first kappa shape index (κ1) is 27.4. The Morgan fingerprint density at radius 1 is 1.19 bits per heavy atom. The van der Waals surface area contributed by atoms with Gasteiger partial charge in [0.15, 0.2) is 0 Å². The molecule has 1 saturated heterocycles. The molecule has 1 heterocycles. The fourth-order valence-corrected chi connectivity index (χ4v) is 4.39. The van der Waals surface area contributed by atoms with Crippen LogP contribution < -0.4 is 11.1 Å². The minimum absolute atomic E-state index is 0. The van der Waals surface area contributed by atoms with Crippen LogP contribution in [0.25, 0.3) is 0 Å². The summed E-state index contributed by atoms with van der Waals surface area (Å²) >= 11 is 0. The molecule has 180 valence electrons. The Morgan fingerprint density at radius 3 is 2.29 bits per heavy atom. The van der Waals surface area contributed by atoms with Crippen molar-refractivity contribution in [1.29, 1.82) is 0 Å². The summed E-state index contributed by atoms with van der Waals surface area (Å²) in [5.74, 6) is -1.24. The highest BCUT2D eigenvalue weighted by Crippen LogP contribution is 2.40. The van der Waals surface area contributed by atoms with Gasteiger partial charge in [0.25, 0.3) is 0 Å². The Hall–Kier alpha value is -1.67. The number of nitrogens with one attached hydrogen (secondary N) is 1. The summed E-state index contributed by atoms with van der Waals surface area (Å²) in [6.45, 7) is 11.6. The minimum Gasteiger partial charge on any atom is -0.480 e. The predicted molar refractivity (Wildman–Crippen MR) is 120 cm³/mol. The Bertz CT molecular complexity index is 599. The molecule has 5 atom stereocenters. The van der Waals surface area contributed by atoms with E-state index in [4.69, 9.17) is 10.5 Å². The maximum Gasteiger partial charge on any atom is 0.326 e. The molecule has 8 nitrogen and oxygen atoms in total. The number of fused-ring (bicyclic) bond motifs is 1. The summed E-state index contributed by atoms with van der Waals surface area (Å²) in [6, 6.07) is -1.92. The lowest BCUT2D eigenvalue weighted by atomic mass is 9.84. The molecule has 1 saturated carbocycles. The topological polar surface area (TPSA) is 122 Å². The molecule has 0 aromatic rings. The van der Waals surface area contributed by atoms with Crippen molar-refractivity contribution in [1.82, 2.24) is 10.2 Å². The second kappa shape index (κ2) is 12.4. The van der Waals surface area contributed by atoms with E-state index in [2.05, 4.69) is 5.32 Å². The summed E-state index contributed by atoms with van der Waals surface area (Å²) in [6.07, 6.45) is 5.87. The van der Waals surface area contributed by atoms with Crippen LogP contribution >= 0.6 is 0 Å². The number of aliphatic carboxylic acids is 1. The second-order valence-corrected chi connectivity index (χ2v) is 9.79. The first-order chi connectivity index (χ1) is 14.4. The van der Waals surface area contributed by atoms with Crippen LogP contribution in [-0.4, -0.2) is 64.2 Å². The molecule has 2 fully saturated rings. The van der Waals surface area contributed by atoms with E-state index in [0.717, 1.165) is 32.1 Å². The van der Waals surface area contributed by atoms with Crippen LogP contribution in [0, 0.1) is 5.92 Å². The second-order valence-electron chi connectivity index (χ2n) is 9.79. The fourth-order valence-electron chi connectivity index (χ4n) is 4.39. The monoisotopic (exact) mass is 441 g/mol. The van der Waals surface area contributed by atoms with Crippen LogP contribution in [0.4, 0.5) is 0 Å². The number of carboxylic acids is 1. The predicted octanol–water partition coefficient (Wildman–Crippen LogP) is 2.68. The number of ether oxygens (including phenoxy) is 1. The summed E-state index contributed by atoms with van der Waals surface area (Å²) in [4.78, 5) is 38.5.